The summed E-state index contributed by atoms with van der Waals surface area (Å²) in [6.07, 6.45) is 1.14. The van der Waals surface area contributed by atoms with E-state index in [1.54, 1.807) is 6.92 Å². The monoisotopic (exact) mass is 198 g/mol. The molecule has 78 valence electrons. The normalized spacial score (nSPS) is 13.6. The standard InChI is InChI=1S/C10H14O4/c1-5-7(3)13-10(12)8(4)14-9(11)6-2/h5-8H,1-2H2,3-4H3/t7-,8+/m0/s1. The van der Waals surface area contributed by atoms with Crippen molar-refractivity contribution in [2.45, 2.75) is 26.1 Å². The molecule has 0 N–H and O–H groups in total. The van der Waals surface area contributed by atoms with Gasteiger partial charge in [0.2, 0.25) is 0 Å². The second kappa shape index (κ2) is 5.96. The highest BCUT2D eigenvalue weighted by Crippen LogP contribution is 2.00. The highest BCUT2D eigenvalue weighted by molar-refractivity contribution is 5.85. The first-order valence-corrected chi connectivity index (χ1v) is 4.17. The number of esters is 2. The smallest absolute Gasteiger partial charge is 0.347 e. The molecule has 0 bridgehead atoms. The van der Waals surface area contributed by atoms with E-state index in [-0.39, 0.29) is 0 Å². The molecule has 0 saturated carbocycles. The molecule has 4 heteroatoms. The molecule has 0 saturated heterocycles. The third-order valence-corrected chi connectivity index (χ3v) is 1.43. The molecule has 0 radical (unpaired) electrons. The van der Waals surface area contributed by atoms with E-state index >= 15 is 0 Å². The summed E-state index contributed by atoms with van der Waals surface area (Å²) in [4.78, 5) is 21.9. The van der Waals surface area contributed by atoms with E-state index in [0.29, 0.717) is 0 Å². The molecule has 0 spiro atoms. The van der Waals surface area contributed by atoms with Gasteiger partial charge in [-0.3, -0.25) is 0 Å². The van der Waals surface area contributed by atoms with E-state index in [0.717, 1.165) is 6.08 Å². The van der Waals surface area contributed by atoms with E-state index in [1.165, 1.54) is 13.0 Å². The van der Waals surface area contributed by atoms with Crippen molar-refractivity contribution < 1.29 is 19.1 Å². The number of rotatable bonds is 5. The van der Waals surface area contributed by atoms with Crippen molar-refractivity contribution in [1.82, 2.24) is 0 Å². The minimum atomic E-state index is -0.928. The molecule has 0 aromatic carbocycles. The lowest BCUT2D eigenvalue weighted by molar-refractivity contribution is -0.165. The first-order valence-electron chi connectivity index (χ1n) is 4.17. The average Bonchev–Trinajstić information content (AvgIpc) is 2.17. The zero-order valence-electron chi connectivity index (χ0n) is 8.36. The Kier molecular flexibility index (Phi) is 5.29. The summed E-state index contributed by atoms with van der Waals surface area (Å²) >= 11 is 0. The van der Waals surface area contributed by atoms with Gasteiger partial charge in [0.15, 0.2) is 6.10 Å². The van der Waals surface area contributed by atoms with Gasteiger partial charge in [0.1, 0.15) is 6.10 Å². The lowest BCUT2D eigenvalue weighted by atomic mass is 10.3. The largest absolute Gasteiger partial charge is 0.456 e. The lowest BCUT2D eigenvalue weighted by Gasteiger charge is -2.13. The van der Waals surface area contributed by atoms with Gasteiger partial charge < -0.3 is 9.47 Å². The van der Waals surface area contributed by atoms with E-state index in [2.05, 4.69) is 17.9 Å². The molecule has 0 aromatic heterocycles. The van der Waals surface area contributed by atoms with Crippen LogP contribution in [0.4, 0.5) is 0 Å². The maximum atomic E-state index is 11.2. The van der Waals surface area contributed by atoms with Crippen LogP contribution in [0.2, 0.25) is 0 Å². The molecule has 0 heterocycles. The topological polar surface area (TPSA) is 52.6 Å². The van der Waals surface area contributed by atoms with Gasteiger partial charge in [-0.1, -0.05) is 19.2 Å². The number of ether oxygens (including phenoxy) is 2. The minimum absolute atomic E-state index is 0.396. The van der Waals surface area contributed by atoms with Crippen molar-refractivity contribution in [3.8, 4) is 0 Å². The highest BCUT2D eigenvalue weighted by Gasteiger charge is 2.19. The number of carbonyl (C=O) groups is 2. The Bertz CT molecular complexity index is 245. The van der Waals surface area contributed by atoms with Crippen LogP contribution >= 0.6 is 0 Å². The summed E-state index contributed by atoms with van der Waals surface area (Å²) in [7, 11) is 0. The number of carbonyl (C=O) groups excluding carboxylic acids is 2. The number of hydrogen-bond acceptors (Lipinski definition) is 4. The van der Waals surface area contributed by atoms with Crippen molar-refractivity contribution in [2.75, 3.05) is 0 Å². The second-order valence-corrected chi connectivity index (χ2v) is 2.66. The third-order valence-electron chi connectivity index (χ3n) is 1.43. The highest BCUT2D eigenvalue weighted by atomic mass is 16.6. The summed E-state index contributed by atoms with van der Waals surface area (Å²) in [5.74, 6) is -1.26. The summed E-state index contributed by atoms with van der Waals surface area (Å²) in [6.45, 7) is 9.75. The molecule has 14 heavy (non-hydrogen) atoms. The summed E-state index contributed by atoms with van der Waals surface area (Å²) in [5.41, 5.74) is 0. The van der Waals surface area contributed by atoms with Crippen LogP contribution in [0.1, 0.15) is 13.8 Å². The Hall–Kier alpha value is -1.58. The molecular formula is C10H14O4. The van der Waals surface area contributed by atoms with Crippen LogP contribution in [0.3, 0.4) is 0 Å². The van der Waals surface area contributed by atoms with Crippen LogP contribution in [-0.4, -0.2) is 24.1 Å². The van der Waals surface area contributed by atoms with Gasteiger partial charge in [-0.15, -0.1) is 0 Å². The molecule has 0 aliphatic heterocycles. The first kappa shape index (κ1) is 12.4. The maximum Gasteiger partial charge on any atom is 0.347 e. The van der Waals surface area contributed by atoms with Crippen molar-refractivity contribution in [2.24, 2.45) is 0 Å². The second-order valence-electron chi connectivity index (χ2n) is 2.66. The fraction of sp³-hybridized carbons (Fsp3) is 0.400. The van der Waals surface area contributed by atoms with Crippen molar-refractivity contribution >= 4 is 11.9 Å². The van der Waals surface area contributed by atoms with Crippen LogP contribution in [0.25, 0.3) is 0 Å². The molecule has 0 aliphatic carbocycles. The average molecular weight is 198 g/mol. The molecule has 4 nitrogen and oxygen atoms in total. The van der Waals surface area contributed by atoms with Crippen LogP contribution in [0, 0.1) is 0 Å². The van der Waals surface area contributed by atoms with Crippen LogP contribution < -0.4 is 0 Å². The van der Waals surface area contributed by atoms with E-state index < -0.39 is 24.1 Å². The van der Waals surface area contributed by atoms with Gasteiger partial charge in [-0.05, 0) is 13.8 Å². The Labute approximate surface area is 83.2 Å². The van der Waals surface area contributed by atoms with Gasteiger partial charge in [0, 0.05) is 6.08 Å². The van der Waals surface area contributed by atoms with Gasteiger partial charge in [-0.25, -0.2) is 9.59 Å². The Morgan fingerprint density at radius 1 is 1.21 bits per heavy atom. The molecular weight excluding hydrogens is 184 g/mol. The minimum Gasteiger partial charge on any atom is -0.456 e. The summed E-state index contributed by atoms with van der Waals surface area (Å²) in [6, 6.07) is 0. The van der Waals surface area contributed by atoms with Crippen molar-refractivity contribution in [3.05, 3.63) is 25.3 Å². The quantitative estimate of drug-likeness (QED) is 0.378. The molecule has 0 aromatic rings. The predicted octanol–water partition coefficient (Wildman–Crippen LogP) is 1.22. The van der Waals surface area contributed by atoms with Gasteiger partial charge >= 0.3 is 11.9 Å². The Morgan fingerprint density at radius 3 is 2.21 bits per heavy atom. The predicted molar refractivity (Wildman–Crippen MR) is 51.5 cm³/mol. The molecule has 0 unspecified atom stereocenters. The van der Waals surface area contributed by atoms with Crippen LogP contribution in [0.5, 0.6) is 0 Å². The van der Waals surface area contributed by atoms with Gasteiger partial charge in [-0.2, -0.15) is 0 Å². The van der Waals surface area contributed by atoms with E-state index in [4.69, 9.17) is 4.74 Å². The molecule has 0 amide bonds. The summed E-state index contributed by atoms with van der Waals surface area (Å²) in [5, 5.41) is 0. The molecule has 0 fully saturated rings. The lowest BCUT2D eigenvalue weighted by Crippen LogP contribution is -2.27. The van der Waals surface area contributed by atoms with E-state index in [9.17, 15) is 9.59 Å². The van der Waals surface area contributed by atoms with E-state index in [1.807, 2.05) is 0 Å². The van der Waals surface area contributed by atoms with Gasteiger partial charge in [0.05, 0.1) is 0 Å². The fourth-order valence-electron chi connectivity index (χ4n) is 0.598. The number of hydrogen-bond donors (Lipinski definition) is 0. The zero-order valence-corrected chi connectivity index (χ0v) is 8.36. The zero-order chi connectivity index (χ0) is 11.1. The fourth-order valence-corrected chi connectivity index (χ4v) is 0.598. The Balaban J connectivity index is 4.05. The Morgan fingerprint density at radius 2 is 1.79 bits per heavy atom. The van der Waals surface area contributed by atoms with Gasteiger partial charge in [0.25, 0.3) is 0 Å². The van der Waals surface area contributed by atoms with Crippen molar-refractivity contribution in [1.29, 1.82) is 0 Å². The summed E-state index contributed by atoms with van der Waals surface area (Å²) < 4.78 is 9.48. The SMILES string of the molecule is C=CC(=O)O[C@H](C)C(=O)O[C@@H](C)C=C. The molecule has 0 rings (SSSR count). The van der Waals surface area contributed by atoms with Crippen molar-refractivity contribution in [3.63, 3.8) is 0 Å². The molecule has 0 aliphatic rings. The maximum absolute atomic E-state index is 11.2. The van der Waals surface area contributed by atoms with Crippen LogP contribution in [-0.2, 0) is 19.1 Å². The third kappa shape index (κ3) is 4.45. The first-order chi connectivity index (χ1) is 6.51. The molecule has 2 atom stereocenters. The van der Waals surface area contributed by atoms with Crippen LogP contribution in [0.15, 0.2) is 25.3 Å².